The minimum atomic E-state index is -2.03. The first-order valence-electron chi connectivity index (χ1n) is 12.2. The summed E-state index contributed by atoms with van der Waals surface area (Å²) in [6, 6.07) is 5.28. The minimum absolute atomic E-state index is 0.0558. The molecule has 6 radical (unpaired) electrons. The second kappa shape index (κ2) is 11.1. The van der Waals surface area contributed by atoms with Gasteiger partial charge in [-0.3, -0.25) is 19.1 Å². The van der Waals surface area contributed by atoms with Crippen LogP contribution in [-0.4, -0.2) is 87.4 Å². The molecule has 0 saturated heterocycles. The Morgan fingerprint density at radius 2 is 1.82 bits per heavy atom. The van der Waals surface area contributed by atoms with Crippen molar-refractivity contribution < 1.29 is 23.5 Å². The van der Waals surface area contributed by atoms with Crippen molar-refractivity contribution in [1.82, 2.24) is 25.0 Å². The van der Waals surface area contributed by atoms with Gasteiger partial charge in [-0.05, 0) is 25.0 Å². The molecule has 1 aliphatic carbocycles. The van der Waals surface area contributed by atoms with E-state index in [0.29, 0.717) is 0 Å². The number of nitrogens with one attached hydrogen (secondary N) is 3. The summed E-state index contributed by atoms with van der Waals surface area (Å²) in [7, 11) is 22.8. The van der Waals surface area contributed by atoms with Crippen molar-refractivity contribution in [3.05, 3.63) is 47.5 Å². The molecule has 4 rings (SSSR count). The number of carbonyl (C=O) groups is 3. The Bertz CT molecular complexity index is 1490. The summed E-state index contributed by atoms with van der Waals surface area (Å²) in [5, 5.41) is 10.2. The summed E-state index contributed by atoms with van der Waals surface area (Å²) in [4.78, 5) is 43.3. The van der Waals surface area contributed by atoms with Crippen molar-refractivity contribution >= 4 is 58.5 Å². The number of anilines is 3. The van der Waals surface area contributed by atoms with Crippen LogP contribution in [-0.2, 0) is 11.8 Å². The molecule has 1 fully saturated rings. The van der Waals surface area contributed by atoms with Crippen molar-refractivity contribution in [2.24, 2.45) is 13.0 Å². The van der Waals surface area contributed by atoms with Gasteiger partial charge in [0.1, 0.15) is 17.3 Å². The summed E-state index contributed by atoms with van der Waals surface area (Å²) in [5.41, 5.74) is 0.963. The first-order chi connectivity index (χ1) is 18.8. The predicted molar refractivity (Wildman–Crippen MR) is 150 cm³/mol. The third kappa shape index (κ3) is 6.46. The van der Waals surface area contributed by atoms with Crippen LogP contribution in [0.3, 0.4) is 0 Å². The molecule has 1 aliphatic rings. The number of hydrogen-bond acceptors (Lipinski definition) is 7. The molecule has 1 saturated carbocycles. The number of pyridine rings is 1. The van der Waals surface area contributed by atoms with E-state index in [4.69, 9.17) is 28.3 Å². The SMILES string of the molecule is [B]C([B])([B])NC(=O)c1cnc(NC(=O)C2CC2)cc1Nc1cc(F)cc(-c2cc(C(=O)N(C)C)n(C)n2)c1OC. The molecule has 3 amide bonds. The van der Waals surface area contributed by atoms with Crippen molar-refractivity contribution in [3.8, 4) is 17.0 Å². The lowest BCUT2D eigenvalue weighted by Crippen LogP contribution is -2.50. The van der Waals surface area contributed by atoms with Gasteiger partial charge in [0.25, 0.3) is 11.8 Å². The molecule has 3 N–H and O–H groups in total. The summed E-state index contributed by atoms with van der Waals surface area (Å²) in [5.74, 6) is -1.71. The van der Waals surface area contributed by atoms with Gasteiger partial charge in [-0.15, -0.1) is 0 Å². The Morgan fingerprint density at radius 3 is 2.42 bits per heavy atom. The first-order valence-corrected chi connectivity index (χ1v) is 12.2. The quantitative estimate of drug-likeness (QED) is 0.350. The Balaban J connectivity index is 1.78. The van der Waals surface area contributed by atoms with Crippen molar-refractivity contribution in [2.75, 3.05) is 31.8 Å². The monoisotopic (exact) mass is 539 g/mol. The van der Waals surface area contributed by atoms with Crippen LogP contribution in [0.2, 0.25) is 0 Å². The van der Waals surface area contributed by atoms with Gasteiger partial charge in [0.15, 0.2) is 5.75 Å². The molecule has 2 aromatic heterocycles. The summed E-state index contributed by atoms with van der Waals surface area (Å²) in [6.45, 7) is 0. The third-order valence-corrected chi connectivity index (χ3v) is 5.99. The van der Waals surface area contributed by atoms with Crippen LogP contribution in [0.15, 0.2) is 30.5 Å². The summed E-state index contributed by atoms with van der Waals surface area (Å²) >= 11 is 0. The molecule has 0 unspecified atom stereocenters. The lowest BCUT2D eigenvalue weighted by atomic mass is 9.49. The Morgan fingerprint density at radius 1 is 1.12 bits per heavy atom. The van der Waals surface area contributed by atoms with Crippen LogP contribution in [0, 0.1) is 11.7 Å². The number of aryl methyl sites for hydroxylation is 1. The van der Waals surface area contributed by atoms with E-state index < -0.39 is 17.0 Å². The van der Waals surface area contributed by atoms with Gasteiger partial charge in [0, 0.05) is 51.0 Å². The van der Waals surface area contributed by atoms with Crippen molar-refractivity contribution in [1.29, 1.82) is 0 Å². The largest absolute Gasteiger partial charge is 0.494 e. The highest BCUT2D eigenvalue weighted by atomic mass is 19.1. The zero-order valence-electron chi connectivity index (χ0n) is 22.4. The molecule has 2 heterocycles. The Labute approximate surface area is 234 Å². The fourth-order valence-corrected chi connectivity index (χ4v) is 3.92. The normalized spacial score (nSPS) is 12.9. The molecule has 0 spiro atoms. The maximum atomic E-state index is 15.0. The summed E-state index contributed by atoms with van der Waals surface area (Å²) in [6.07, 6.45) is 2.75. The minimum Gasteiger partial charge on any atom is -0.494 e. The predicted octanol–water partition coefficient (Wildman–Crippen LogP) is 1.27. The van der Waals surface area contributed by atoms with Gasteiger partial charge in [0.05, 0.1) is 53.3 Å². The van der Waals surface area contributed by atoms with Gasteiger partial charge in [-0.25, -0.2) is 9.37 Å². The number of amides is 3. The van der Waals surface area contributed by atoms with Crippen LogP contribution >= 0.6 is 0 Å². The van der Waals surface area contributed by atoms with Gasteiger partial charge in [0.2, 0.25) is 5.91 Å². The van der Waals surface area contributed by atoms with Gasteiger partial charge >= 0.3 is 0 Å². The first kappa shape index (κ1) is 28.7. The highest BCUT2D eigenvalue weighted by Crippen LogP contribution is 2.39. The number of ether oxygens (including phenoxy) is 1. The number of hydrogen-bond donors (Lipinski definition) is 3. The number of aromatic nitrogens is 3. The molecule has 15 heteroatoms. The highest BCUT2D eigenvalue weighted by Gasteiger charge is 2.30. The van der Waals surface area contributed by atoms with Crippen LogP contribution in [0.25, 0.3) is 11.3 Å². The second-order valence-electron chi connectivity index (χ2n) is 9.66. The Kier molecular flexibility index (Phi) is 7.94. The van der Waals surface area contributed by atoms with Crippen molar-refractivity contribution in [2.45, 2.75) is 18.1 Å². The zero-order chi connectivity index (χ0) is 29.4. The number of benzene rings is 1. The fraction of sp³-hybridized carbons (Fsp3) is 0.320. The van der Waals surface area contributed by atoms with E-state index in [0.717, 1.165) is 18.9 Å². The second-order valence-corrected chi connectivity index (χ2v) is 9.66. The van der Waals surface area contributed by atoms with E-state index in [1.165, 1.54) is 41.1 Å². The van der Waals surface area contributed by atoms with Crippen LogP contribution < -0.4 is 20.7 Å². The summed E-state index contributed by atoms with van der Waals surface area (Å²) < 4.78 is 21.9. The molecule has 0 atom stereocenters. The maximum absolute atomic E-state index is 15.0. The molecule has 200 valence electrons. The van der Waals surface area contributed by atoms with Crippen LogP contribution in [0.1, 0.15) is 33.7 Å². The molecular formula is C25H25B3FN7O4. The number of nitrogens with zero attached hydrogens (tertiary/aromatic N) is 4. The van der Waals surface area contributed by atoms with Gasteiger partial charge in [-0.1, -0.05) is 5.24 Å². The van der Waals surface area contributed by atoms with Gasteiger partial charge in [-0.2, -0.15) is 5.10 Å². The lowest BCUT2D eigenvalue weighted by molar-refractivity contribution is -0.117. The van der Waals surface area contributed by atoms with E-state index >= 15 is 0 Å². The number of rotatable bonds is 9. The highest BCUT2D eigenvalue weighted by molar-refractivity contribution is 6.60. The van der Waals surface area contributed by atoms with E-state index in [9.17, 15) is 18.8 Å². The molecule has 11 nitrogen and oxygen atoms in total. The topological polar surface area (TPSA) is 130 Å². The number of carbonyl (C=O) groups excluding carboxylic acids is 3. The average Bonchev–Trinajstić information content (AvgIpc) is 3.64. The fourth-order valence-electron chi connectivity index (χ4n) is 3.92. The standard InChI is InChI=1S/C25H25B3FN7O4/c1-35(2)24(39)19-9-17(34-36(19)3)14-7-13(29)8-18(21(14)40-4)31-16-10-20(32-22(37)12-5-6-12)30-11-15(16)23(38)33-25(26,27)28/h7-12H,5-6H2,1-4H3,(H,33,38)(H2,30,31,32,37). The van der Waals surface area contributed by atoms with E-state index in [-0.39, 0.29) is 63.2 Å². The molecular weight excluding hydrogens is 514 g/mol. The third-order valence-electron chi connectivity index (χ3n) is 5.99. The smallest absolute Gasteiger partial charge is 0.271 e. The van der Waals surface area contributed by atoms with Crippen LogP contribution in [0.4, 0.5) is 21.6 Å². The Hall–Kier alpha value is -4.29. The molecule has 3 aromatic rings. The molecule has 1 aromatic carbocycles. The van der Waals surface area contributed by atoms with E-state index in [1.807, 2.05) is 0 Å². The lowest BCUT2D eigenvalue weighted by Gasteiger charge is -2.23. The van der Waals surface area contributed by atoms with E-state index in [1.54, 1.807) is 21.1 Å². The molecule has 0 aliphatic heterocycles. The number of methoxy groups -OCH3 is 1. The van der Waals surface area contributed by atoms with Gasteiger partial charge < -0.3 is 25.6 Å². The zero-order valence-corrected chi connectivity index (χ0v) is 22.4. The number of halogens is 1. The van der Waals surface area contributed by atoms with Crippen LogP contribution in [0.5, 0.6) is 5.75 Å². The average molecular weight is 539 g/mol. The van der Waals surface area contributed by atoms with Crippen molar-refractivity contribution in [3.63, 3.8) is 0 Å². The van der Waals surface area contributed by atoms with E-state index in [2.05, 4.69) is 26.0 Å². The molecule has 40 heavy (non-hydrogen) atoms. The molecule has 0 bridgehead atoms. The maximum Gasteiger partial charge on any atom is 0.271 e.